The summed E-state index contributed by atoms with van der Waals surface area (Å²) in [6.07, 6.45) is 0. The van der Waals surface area contributed by atoms with E-state index in [9.17, 15) is 4.79 Å². The normalized spacial score (nSPS) is 11.2. The first-order valence-corrected chi connectivity index (χ1v) is 4.99. The van der Waals surface area contributed by atoms with Crippen molar-refractivity contribution in [1.29, 1.82) is 0 Å². The standard InChI is InChI=1S/C9H12ClN5O2/c1-5(8(16)17-3)14-15(2)7-4-6(10)12-9(11)13-7/h4H,1-3H3,(H2,11,12,13)/b14-5+. The first-order valence-electron chi connectivity index (χ1n) is 4.61. The summed E-state index contributed by atoms with van der Waals surface area (Å²) in [5, 5.41) is 5.53. The van der Waals surface area contributed by atoms with Crippen LogP contribution in [0.2, 0.25) is 5.15 Å². The van der Waals surface area contributed by atoms with Crippen LogP contribution in [0.5, 0.6) is 0 Å². The molecule has 0 fully saturated rings. The molecule has 0 amide bonds. The number of carbonyl (C=O) groups excluding carboxylic acids is 1. The molecule has 0 aliphatic carbocycles. The number of rotatable bonds is 3. The number of nitrogens with zero attached hydrogens (tertiary/aromatic N) is 4. The monoisotopic (exact) mass is 257 g/mol. The van der Waals surface area contributed by atoms with Gasteiger partial charge in [0, 0.05) is 13.1 Å². The zero-order valence-corrected chi connectivity index (χ0v) is 10.4. The van der Waals surface area contributed by atoms with Gasteiger partial charge in [0.15, 0.2) is 5.82 Å². The number of anilines is 2. The highest BCUT2D eigenvalue weighted by Crippen LogP contribution is 2.16. The van der Waals surface area contributed by atoms with Crippen LogP contribution in [0, 0.1) is 0 Å². The predicted octanol–water partition coefficient (Wildman–Crippen LogP) is 0.697. The molecule has 0 aliphatic heterocycles. The van der Waals surface area contributed by atoms with Crippen molar-refractivity contribution in [1.82, 2.24) is 9.97 Å². The Balaban J connectivity index is 2.96. The molecule has 0 saturated carbocycles. The lowest BCUT2D eigenvalue weighted by Gasteiger charge is -2.13. The van der Waals surface area contributed by atoms with Crippen LogP contribution in [0.3, 0.4) is 0 Å². The van der Waals surface area contributed by atoms with E-state index in [1.54, 1.807) is 7.05 Å². The molecule has 1 aromatic rings. The Hall–Kier alpha value is -1.89. The third-order valence-corrected chi connectivity index (χ3v) is 2.00. The molecule has 0 atom stereocenters. The molecule has 0 aromatic carbocycles. The number of hydrogen-bond donors (Lipinski definition) is 1. The zero-order valence-electron chi connectivity index (χ0n) is 9.64. The van der Waals surface area contributed by atoms with Crippen molar-refractivity contribution in [3.63, 3.8) is 0 Å². The largest absolute Gasteiger partial charge is 0.464 e. The van der Waals surface area contributed by atoms with Crippen LogP contribution in [0.25, 0.3) is 0 Å². The Kier molecular flexibility index (Phi) is 4.22. The van der Waals surface area contributed by atoms with Crippen LogP contribution in [-0.2, 0) is 9.53 Å². The van der Waals surface area contributed by atoms with Crippen LogP contribution >= 0.6 is 11.6 Å². The minimum absolute atomic E-state index is 0.0327. The van der Waals surface area contributed by atoms with Crippen molar-refractivity contribution in [3.05, 3.63) is 11.2 Å². The van der Waals surface area contributed by atoms with E-state index in [-0.39, 0.29) is 16.8 Å². The maximum absolute atomic E-state index is 11.1. The molecule has 1 rings (SSSR count). The van der Waals surface area contributed by atoms with Crippen LogP contribution in [0.15, 0.2) is 11.2 Å². The fourth-order valence-electron chi connectivity index (χ4n) is 1.05. The van der Waals surface area contributed by atoms with Crippen LogP contribution in [-0.4, -0.2) is 35.8 Å². The van der Waals surface area contributed by atoms with Gasteiger partial charge in [0.05, 0.1) is 7.11 Å². The molecule has 0 saturated heterocycles. The van der Waals surface area contributed by atoms with Crippen molar-refractivity contribution in [2.45, 2.75) is 6.92 Å². The van der Waals surface area contributed by atoms with Gasteiger partial charge in [0.2, 0.25) is 5.95 Å². The number of hydrogen-bond acceptors (Lipinski definition) is 7. The van der Waals surface area contributed by atoms with Gasteiger partial charge in [-0.1, -0.05) is 11.6 Å². The minimum atomic E-state index is -0.523. The molecule has 7 nitrogen and oxygen atoms in total. The van der Waals surface area contributed by atoms with Gasteiger partial charge in [0.1, 0.15) is 10.9 Å². The fraction of sp³-hybridized carbons (Fsp3) is 0.333. The summed E-state index contributed by atoms with van der Waals surface area (Å²) >= 11 is 5.72. The van der Waals surface area contributed by atoms with E-state index in [0.717, 1.165) is 0 Å². The summed E-state index contributed by atoms with van der Waals surface area (Å²) in [5.74, 6) is -0.110. The first-order chi connectivity index (χ1) is 7.93. The molecule has 1 heterocycles. The number of aromatic nitrogens is 2. The summed E-state index contributed by atoms with van der Waals surface area (Å²) in [4.78, 5) is 18.8. The summed E-state index contributed by atoms with van der Waals surface area (Å²) < 4.78 is 4.52. The Morgan fingerprint density at radius 3 is 2.76 bits per heavy atom. The Morgan fingerprint density at radius 1 is 1.59 bits per heavy atom. The summed E-state index contributed by atoms with van der Waals surface area (Å²) in [6, 6.07) is 1.48. The van der Waals surface area contributed by atoms with Gasteiger partial charge in [-0.3, -0.25) is 5.01 Å². The second kappa shape index (κ2) is 5.44. The Labute approximate surface area is 103 Å². The SMILES string of the molecule is COC(=O)/C(C)=N/N(C)c1cc(Cl)nc(N)n1. The van der Waals surface area contributed by atoms with Gasteiger partial charge in [-0.2, -0.15) is 10.1 Å². The number of methoxy groups -OCH3 is 1. The third kappa shape index (κ3) is 3.56. The molecule has 8 heteroatoms. The lowest BCUT2D eigenvalue weighted by molar-refractivity contribution is -0.132. The lowest BCUT2D eigenvalue weighted by Crippen LogP contribution is -2.19. The van der Waals surface area contributed by atoms with Crippen LogP contribution in [0.1, 0.15) is 6.92 Å². The predicted molar refractivity (Wildman–Crippen MR) is 65.0 cm³/mol. The maximum atomic E-state index is 11.1. The van der Waals surface area contributed by atoms with E-state index in [1.807, 2.05) is 0 Å². The number of esters is 1. The van der Waals surface area contributed by atoms with E-state index in [0.29, 0.717) is 5.82 Å². The van der Waals surface area contributed by atoms with Gasteiger partial charge in [0.25, 0.3) is 0 Å². The van der Waals surface area contributed by atoms with Crippen molar-refractivity contribution in [2.75, 3.05) is 24.9 Å². The zero-order chi connectivity index (χ0) is 13.0. The highest BCUT2D eigenvalue weighted by molar-refractivity contribution is 6.35. The number of nitrogens with two attached hydrogens (primary N) is 1. The molecule has 0 unspecified atom stereocenters. The second-order valence-corrected chi connectivity index (χ2v) is 3.49. The molecule has 2 N–H and O–H groups in total. The van der Waals surface area contributed by atoms with Crippen molar-refractivity contribution >= 4 is 35.0 Å². The second-order valence-electron chi connectivity index (χ2n) is 3.11. The average molecular weight is 258 g/mol. The number of carbonyl (C=O) groups is 1. The van der Waals surface area contributed by atoms with Crippen LogP contribution in [0.4, 0.5) is 11.8 Å². The molecule has 0 aliphatic rings. The molecule has 0 spiro atoms. The van der Waals surface area contributed by atoms with E-state index in [1.165, 1.54) is 25.1 Å². The quantitative estimate of drug-likeness (QED) is 0.371. The van der Waals surface area contributed by atoms with E-state index in [2.05, 4.69) is 19.8 Å². The number of hydrazone groups is 1. The highest BCUT2D eigenvalue weighted by Gasteiger charge is 2.09. The van der Waals surface area contributed by atoms with Gasteiger partial charge >= 0.3 is 5.97 Å². The van der Waals surface area contributed by atoms with Crippen molar-refractivity contribution in [3.8, 4) is 0 Å². The number of ether oxygens (including phenoxy) is 1. The van der Waals surface area contributed by atoms with Gasteiger partial charge in [-0.05, 0) is 6.92 Å². The molecule has 17 heavy (non-hydrogen) atoms. The van der Waals surface area contributed by atoms with Crippen molar-refractivity contribution in [2.24, 2.45) is 5.10 Å². The van der Waals surface area contributed by atoms with E-state index >= 15 is 0 Å². The van der Waals surface area contributed by atoms with Crippen LogP contribution < -0.4 is 10.7 Å². The molecule has 92 valence electrons. The maximum Gasteiger partial charge on any atom is 0.353 e. The Bertz CT molecular complexity index is 442. The summed E-state index contributed by atoms with van der Waals surface area (Å²) in [7, 11) is 2.88. The van der Waals surface area contributed by atoms with Crippen molar-refractivity contribution < 1.29 is 9.53 Å². The lowest BCUT2D eigenvalue weighted by atomic mass is 10.4. The van der Waals surface area contributed by atoms with Gasteiger partial charge in [-0.15, -0.1) is 0 Å². The molecular weight excluding hydrogens is 246 g/mol. The smallest absolute Gasteiger partial charge is 0.353 e. The summed E-state index contributed by atoms with van der Waals surface area (Å²) in [5.41, 5.74) is 5.62. The molecule has 0 bridgehead atoms. The average Bonchev–Trinajstić information content (AvgIpc) is 2.26. The van der Waals surface area contributed by atoms with E-state index < -0.39 is 5.97 Å². The molecule has 1 aromatic heterocycles. The topological polar surface area (TPSA) is 93.7 Å². The minimum Gasteiger partial charge on any atom is -0.464 e. The van der Waals surface area contributed by atoms with Gasteiger partial charge in [-0.25, -0.2) is 9.78 Å². The molecule has 0 radical (unpaired) electrons. The van der Waals surface area contributed by atoms with Gasteiger partial charge < -0.3 is 10.5 Å². The highest BCUT2D eigenvalue weighted by atomic mass is 35.5. The third-order valence-electron chi connectivity index (χ3n) is 1.81. The fourth-order valence-corrected chi connectivity index (χ4v) is 1.24. The van der Waals surface area contributed by atoms with E-state index in [4.69, 9.17) is 17.3 Å². The number of nitrogen functional groups attached to an aromatic ring is 1. The molecular formula is C9H12ClN5O2. The Morgan fingerprint density at radius 2 is 2.24 bits per heavy atom. The summed E-state index contributed by atoms with van der Waals surface area (Å²) in [6.45, 7) is 1.52. The first kappa shape index (κ1) is 13.2. The number of halogens is 1.